The van der Waals surface area contributed by atoms with Crippen molar-refractivity contribution in [3.63, 3.8) is 0 Å². The molecule has 1 atom stereocenters. The summed E-state index contributed by atoms with van der Waals surface area (Å²) in [6.45, 7) is 8.96. The van der Waals surface area contributed by atoms with Crippen molar-refractivity contribution < 1.29 is 14.3 Å². The maximum Gasteiger partial charge on any atom is 0.255 e. The molecule has 1 amide bonds. The summed E-state index contributed by atoms with van der Waals surface area (Å²) in [6.07, 6.45) is 2.38. The van der Waals surface area contributed by atoms with Crippen molar-refractivity contribution in [2.45, 2.75) is 40.2 Å². The van der Waals surface area contributed by atoms with Gasteiger partial charge in [0.15, 0.2) is 11.5 Å². The molecular formula is C25H29N5O3. The number of allylic oxidation sites excluding steroid dienone is 1. The van der Waals surface area contributed by atoms with Gasteiger partial charge in [-0.1, -0.05) is 25.1 Å². The molecule has 8 heteroatoms. The topological polar surface area (TPSA) is 90.3 Å². The van der Waals surface area contributed by atoms with Crippen LogP contribution in [0.5, 0.6) is 11.5 Å². The number of amides is 1. The minimum atomic E-state index is -0.479. The molecule has 0 spiro atoms. The van der Waals surface area contributed by atoms with Gasteiger partial charge in [0.1, 0.15) is 12.4 Å². The van der Waals surface area contributed by atoms with Crippen molar-refractivity contribution >= 4 is 17.5 Å². The number of fused-ring (bicyclic) bond motifs is 1. The highest BCUT2D eigenvalue weighted by Gasteiger charge is 2.34. The standard InChI is InChI=1S/C25H29N5O3/c1-5-12-33-20-11-10-18(14-21(20)32-6-2)23-22(17(4)28-25-26-15-27-30(23)25)24(31)29-19-9-7-8-16(3)13-19/h7-11,13-15,23H,5-6,12H2,1-4H3,(H,29,31)(H,26,27,28). The van der Waals surface area contributed by atoms with Crippen molar-refractivity contribution in [2.24, 2.45) is 0 Å². The van der Waals surface area contributed by atoms with E-state index in [-0.39, 0.29) is 5.91 Å². The third-order valence-electron chi connectivity index (χ3n) is 5.36. The summed E-state index contributed by atoms with van der Waals surface area (Å²) in [5.74, 6) is 1.69. The number of carbonyl (C=O) groups is 1. The molecule has 2 heterocycles. The van der Waals surface area contributed by atoms with Crippen molar-refractivity contribution in [3.05, 3.63) is 71.2 Å². The first kappa shape index (κ1) is 22.4. The Morgan fingerprint density at radius 1 is 1.12 bits per heavy atom. The van der Waals surface area contributed by atoms with Gasteiger partial charge in [0.2, 0.25) is 5.95 Å². The number of nitrogens with one attached hydrogen (secondary N) is 2. The van der Waals surface area contributed by atoms with Crippen LogP contribution in [0.1, 0.15) is 44.4 Å². The van der Waals surface area contributed by atoms with E-state index in [0.717, 1.165) is 28.9 Å². The number of hydrogen-bond donors (Lipinski definition) is 2. The van der Waals surface area contributed by atoms with Crippen LogP contribution in [0.15, 0.2) is 60.1 Å². The fraction of sp³-hybridized carbons (Fsp3) is 0.320. The van der Waals surface area contributed by atoms with Crippen LogP contribution in [0.3, 0.4) is 0 Å². The lowest BCUT2D eigenvalue weighted by atomic mass is 9.94. The fourth-order valence-corrected chi connectivity index (χ4v) is 3.91. The number of carbonyl (C=O) groups excluding carboxylic acids is 1. The molecule has 8 nitrogen and oxygen atoms in total. The van der Waals surface area contributed by atoms with Crippen LogP contribution >= 0.6 is 0 Å². The van der Waals surface area contributed by atoms with E-state index >= 15 is 0 Å². The van der Waals surface area contributed by atoms with Crippen LogP contribution in [0.2, 0.25) is 0 Å². The second kappa shape index (κ2) is 9.77. The molecule has 2 aromatic carbocycles. The van der Waals surface area contributed by atoms with Crippen molar-refractivity contribution in [1.29, 1.82) is 0 Å². The van der Waals surface area contributed by atoms with Gasteiger partial charge in [-0.05, 0) is 62.6 Å². The van der Waals surface area contributed by atoms with E-state index in [4.69, 9.17) is 9.47 Å². The number of ether oxygens (including phenoxy) is 2. The molecule has 0 bridgehead atoms. The van der Waals surface area contributed by atoms with Gasteiger partial charge < -0.3 is 20.1 Å². The fourth-order valence-electron chi connectivity index (χ4n) is 3.91. The number of aryl methyl sites for hydroxylation is 1. The van der Waals surface area contributed by atoms with Gasteiger partial charge in [-0.3, -0.25) is 4.79 Å². The Bertz CT molecular complexity index is 1180. The lowest BCUT2D eigenvalue weighted by Gasteiger charge is -2.29. The first-order valence-corrected chi connectivity index (χ1v) is 11.2. The Balaban J connectivity index is 1.75. The molecule has 0 saturated carbocycles. The molecule has 1 unspecified atom stereocenters. The summed E-state index contributed by atoms with van der Waals surface area (Å²) in [7, 11) is 0. The SMILES string of the molecule is CCCOc1ccc(C2C(C(=O)Nc3cccc(C)c3)=C(C)Nc3ncnn32)cc1OCC. The molecule has 4 rings (SSSR count). The number of rotatable bonds is 8. The predicted octanol–water partition coefficient (Wildman–Crippen LogP) is 4.70. The maximum absolute atomic E-state index is 13.5. The Kier molecular flexibility index (Phi) is 6.63. The average molecular weight is 448 g/mol. The molecule has 1 aliphatic rings. The van der Waals surface area contributed by atoms with Crippen LogP contribution in [0, 0.1) is 6.92 Å². The van der Waals surface area contributed by atoms with Gasteiger partial charge in [0, 0.05) is 11.4 Å². The Labute approximate surface area is 193 Å². The van der Waals surface area contributed by atoms with Gasteiger partial charge in [-0.25, -0.2) is 4.68 Å². The molecule has 2 N–H and O–H groups in total. The lowest BCUT2D eigenvalue weighted by molar-refractivity contribution is -0.113. The quantitative estimate of drug-likeness (QED) is 0.520. The van der Waals surface area contributed by atoms with Gasteiger partial charge in [0.25, 0.3) is 5.91 Å². The molecule has 1 aliphatic heterocycles. The van der Waals surface area contributed by atoms with Crippen LogP contribution in [-0.4, -0.2) is 33.9 Å². The van der Waals surface area contributed by atoms with Gasteiger partial charge in [0.05, 0.1) is 18.8 Å². The van der Waals surface area contributed by atoms with E-state index in [2.05, 4.69) is 27.6 Å². The summed E-state index contributed by atoms with van der Waals surface area (Å²) >= 11 is 0. The van der Waals surface area contributed by atoms with E-state index in [1.165, 1.54) is 6.33 Å². The third-order valence-corrected chi connectivity index (χ3v) is 5.36. The van der Waals surface area contributed by atoms with E-state index in [9.17, 15) is 4.79 Å². The van der Waals surface area contributed by atoms with E-state index in [0.29, 0.717) is 36.2 Å². The first-order valence-electron chi connectivity index (χ1n) is 11.2. The highest BCUT2D eigenvalue weighted by Crippen LogP contribution is 2.39. The second-order valence-electron chi connectivity index (χ2n) is 7.91. The van der Waals surface area contributed by atoms with Crippen molar-refractivity contribution in [1.82, 2.24) is 14.8 Å². The number of benzene rings is 2. The zero-order chi connectivity index (χ0) is 23.4. The van der Waals surface area contributed by atoms with Crippen molar-refractivity contribution in [2.75, 3.05) is 23.8 Å². The Morgan fingerprint density at radius 2 is 1.97 bits per heavy atom. The molecule has 33 heavy (non-hydrogen) atoms. The van der Waals surface area contributed by atoms with Crippen LogP contribution < -0.4 is 20.1 Å². The zero-order valence-corrected chi connectivity index (χ0v) is 19.4. The Morgan fingerprint density at radius 3 is 2.73 bits per heavy atom. The van der Waals surface area contributed by atoms with Crippen LogP contribution in [0.25, 0.3) is 0 Å². The molecule has 3 aromatic rings. The summed E-state index contributed by atoms with van der Waals surface area (Å²) in [5, 5.41) is 10.6. The smallest absolute Gasteiger partial charge is 0.255 e. The maximum atomic E-state index is 13.5. The minimum Gasteiger partial charge on any atom is -0.490 e. The van der Waals surface area contributed by atoms with E-state index in [1.54, 1.807) is 4.68 Å². The summed E-state index contributed by atoms with van der Waals surface area (Å²) in [6, 6.07) is 13.0. The normalized spacial score (nSPS) is 15.0. The third kappa shape index (κ3) is 4.69. The van der Waals surface area contributed by atoms with E-state index < -0.39 is 6.04 Å². The predicted molar refractivity (Wildman–Crippen MR) is 128 cm³/mol. The minimum absolute atomic E-state index is 0.207. The molecular weight excluding hydrogens is 418 g/mol. The lowest BCUT2D eigenvalue weighted by Crippen LogP contribution is -2.31. The summed E-state index contributed by atoms with van der Waals surface area (Å²) < 4.78 is 13.4. The molecule has 0 aliphatic carbocycles. The zero-order valence-electron chi connectivity index (χ0n) is 19.4. The first-order chi connectivity index (χ1) is 16.0. The average Bonchev–Trinajstić information content (AvgIpc) is 3.25. The van der Waals surface area contributed by atoms with Crippen molar-refractivity contribution in [3.8, 4) is 11.5 Å². The number of anilines is 2. The van der Waals surface area contributed by atoms with Crippen LogP contribution in [0.4, 0.5) is 11.6 Å². The molecule has 0 fully saturated rings. The summed E-state index contributed by atoms with van der Waals surface area (Å²) in [5.41, 5.74) is 3.93. The monoisotopic (exact) mass is 447 g/mol. The second-order valence-corrected chi connectivity index (χ2v) is 7.91. The summed E-state index contributed by atoms with van der Waals surface area (Å²) in [4.78, 5) is 17.8. The van der Waals surface area contributed by atoms with Crippen LogP contribution in [-0.2, 0) is 4.79 Å². The molecule has 172 valence electrons. The number of nitrogens with zero attached hydrogens (tertiary/aromatic N) is 3. The van der Waals surface area contributed by atoms with Gasteiger partial charge >= 0.3 is 0 Å². The van der Waals surface area contributed by atoms with Gasteiger partial charge in [-0.15, -0.1) is 0 Å². The van der Waals surface area contributed by atoms with Gasteiger partial charge in [-0.2, -0.15) is 10.1 Å². The largest absolute Gasteiger partial charge is 0.490 e. The molecule has 0 radical (unpaired) electrons. The van der Waals surface area contributed by atoms with E-state index in [1.807, 2.05) is 63.2 Å². The Hall–Kier alpha value is -3.81. The number of hydrogen-bond acceptors (Lipinski definition) is 6. The highest BCUT2D eigenvalue weighted by atomic mass is 16.5. The molecule has 1 aromatic heterocycles. The highest BCUT2D eigenvalue weighted by molar-refractivity contribution is 6.06. The number of aromatic nitrogens is 3. The molecule has 0 saturated heterocycles.